The number of amidine groups is 1. The first-order valence-electron chi connectivity index (χ1n) is 5.84. The van der Waals surface area contributed by atoms with E-state index in [1.807, 2.05) is 6.07 Å². The Kier molecular flexibility index (Phi) is 5.08. The van der Waals surface area contributed by atoms with Crippen molar-refractivity contribution in [1.82, 2.24) is 0 Å². The van der Waals surface area contributed by atoms with Crippen molar-refractivity contribution >= 4 is 37.7 Å². The molecule has 0 aliphatic heterocycles. The Hall–Kier alpha value is -1.73. The molecule has 0 aliphatic carbocycles. The average molecular weight is 416 g/mol. The topological polar surface area (TPSA) is 77.1 Å². The number of halogens is 2. The molecule has 0 saturated carbocycles. The van der Waals surface area contributed by atoms with Gasteiger partial charge in [-0.25, -0.2) is 0 Å². The van der Waals surface area contributed by atoms with Gasteiger partial charge in [0.2, 0.25) is 0 Å². The third-order valence-corrected chi connectivity index (χ3v) is 3.97. The summed E-state index contributed by atoms with van der Waals surface area (Å²) in [5.41, 5.74) is 6.14. The maximum Gasteiger partial charge on any atom is 0.171 e. The van der Waals surface area contributed by atoms with Gasteiger partial charge < -0.3 is 20.4 Å². The smallest absolute Gasteiger partial charge is 0.171 e. The van der Waals surface area contributed by atoms with Crippen LogP contribution in [-0.4, -0.2) is 18.2 Å². The zero-order chi connectivity index (χ0) is 15.4. The number of hydrogen-bond acceptors (Lipinski definition) is 4. The molecule has 0 saturated heterocycles. The molecule has 0 radical (unpaired) electrons. The van der Waals surface area contributed by atoms with Gasteiger partial charge in [0.25, 0.3) is 0 Å². The predicted molar refractivity (Wildman–Crippen MR) is 87.4 cm³/mol. The zero-order valence-electron chi connectivity index (χ0n) is 11.0. The van der Waals surface area contributed by atoms with Gasteiger partial charge in [-0.3, -0.25) is 0 Å². The molecule has 7 heteroatoms. The minimum absolute atomic E-state index is 0.0269. The number of benzene rings is 2. The van der Waals surface area contributed by atoms with E-state index in [0.717, 1.165) is 10.2 Å². The summed E-state index contributed by atoms with van der Waals surface area (Å²) in [4.78, 5) is 0. The van der Waals surface area contributed by atoms with Crippen LogP contribution in [0, 0.1) is 0 Å². The SMILES string of the molecule is COc1ccc(Oc2ccc(/C(N)=N/O)c(Br)c2)c(Br)c1. The second-order valence-electron chi connectivity index (χ2n) is 4.03. The highest BCUT2D eigenvalue weighted by Gasteiger charge is 2.09. The monoisotopic (exact) mass is 414 g/mol. The minimum Gasteiger partial charge on any atom is -0.497 e. The van der Waals surface area contributed by atoms with Crippen LogP contribution in [0.25, 0.3) is 0 Å². The van der Waals surface area contributed by atoms with Crippen LogP contribution < -0.4 is 15.2 Å². The fraction of sp³-hybridized carbons (Fsp3) is 0.0714. The molecule has 0 fully saturated rings. The van der Waals surface area contributed by atoms with Crippen molar-refractivity contribution in [3.63, 3.8) is 0 Å². The standard InChI is InChI=1S/C14H12Br2N2O3/c1-20-8-3-5-13(12(16)6-8)21-9-2-4-10(11(15)7-9)14(17)18-19/h2-7,19H,1H3,(H2,17,18). The van der Waals surface area contributed by atoms with Crippen molar-refractivity contribution in [2.24, 2.45) is 10.9 Å². The summed E-state index contributed by atoms with van der Waals surface area (Å²) in [6.45, 7) is 0. The van der Waals surface area contributed by atoms with Gasteiger partial charge >= 0.3 is 0 Å². The van der Waals surface area contributed by atoms with Crippen LogP contribution in [0.15, 0.2) is 50.5 Å². The summed E-state index contributed by atoms with van der Waals surface area (Å²) >= 11 is 6.78. The van der Waals surface area contributed by atoms with Crippen LogP contribution in [0.3, 0.4) is 0 Å². The molecule has 21 heavy (non-hydrogen) atoms. The van der Waals surface area contributed by atoms with Gasteiger partial charge in [-0.15, -0.1) is 0 Å². The van der Waals surface area contributed by atoms with E-state index in [-0.39, 0.29) is 5.84 Å². The predicted octanol–water partition coefficient (Wildman–Crippen LogP) is 4.11. The first-order valence-corrected chi connectivity index (χ1v) is 7.42. The zero-order valence-corrected chi connectivity index (χ0v) is 14.2. The van der Waals surface area contributed by atoms with Crippen molar-refractivity contribution in [2.45, 2.75) is 0 Å². The lowest BCUT2D eigenvalue weighted by Gasteiger charge is -2.10. The summed E-state index contributed by atoms with van der Waals surface area (Å²) in [7, 11) is 1.60. The average Bonchev–Trinajstić information content (AvgIpc) is 2.48. The highest BCUT2D eigenvalue weighted by Crippen LogP contribution is 2.34. The first-order chi connectivity index (χ1) is 10.0. The highest BCUT2D eigenvalue weighted by molar-refractivity contribution is 9.10. The van der Waals surface area contributed by atoms with Crippen LogP contribution >= 0.6 is 31.9 Å². The Morgan fingerprint density at radius 1 is 1.10 bits per heavy atom. The van der Waals surface area contributed by atoms with E-state index < -0.39 is 0 Å². The Bertz CT molecular complexity index is 690. The van der Waals surface area contributed by atoms with Gasteiger partial charge in [-0.1, -0.05) is 5.16 Å². The van der Waals surface area contributed by atoms with E-state index in [2.05, 4.69) is 37.0 Å². The van der Waals surface area contributed by atoms with Crippen molar-refractivity contribution < 1.29 is 14.7 Å². The van der Waals surface area contributed by atoms with E-state index in [1.54, 1.807) is 37.4 Å². The van der Waals surface area contributed by atoms with Crippen molar-refractivity contribution in [3.05, 3.63) is 50.9 Å². The van der Waals surface area contributed by atoms with Gasteiger partial charge in [-0.05, 0) is 68.3 Å². The van der Waals surface area contributed by atoms with Crippen LogP contribution in [0.2, 0.25) is 0 Å². The number of rotatable bonds is 4. The Balaban J connectivity index is 2.26. The van der Waals surface area contributed by atoms with Crippen molar-refractivity contribution in [1.29, 1.82) is 0 Å². The summed E-state index contributed by atoms with van der Waals surface area (Å²) in [5, 5.41) is 11.7. The fourth-order valence-corrected chi connectivity index (χ4v) is 2.64. The third-order valence-electron chi connectivity index (χ3n) is 2.69. The Morgan fingerprint density at radius 3 is 2.33 bits per heavy atom. The Morgan fingerprint density at radius 2 is 1.76 bits per heavy atom. The molecular formula is C14H12Br2N2O3. The molecule has 0 amide bonds. The van der Waals surface area contributed by atoms with Crippen LogP contribution in [0.1, 0.15) is 5.56 Å². The first kappa shape index (κ1) is 15.7. The molecular weight excluding hydrogens is 404 g/mol. The second-order valence-corrected chi connectivity index (χ2v) is 5.73. The van der Waals surface area contributed by atoms with E-state index >= 15 is 0 Å². The number of oxime groups is 1. The van der Waals surface area contributed by atoms with Crippen LogP contribution in [-0.2, 0) is 0 Å². The van der Waals surface area contributed by atoms with E-state index in [9.17, 15) is 0 Å². The molecule has 3 N–H and O–H groups in total. The molecule has 0 bridgehead atoms. The van der Waals surface area contributed by atoms with Gasteiger partial charge in [-0.2, -0.15) is 0 Å². The number of ether oxygens (including phenoxy) is 2. The van der Waals surface area contributed by atoms with E-state index in [1.165, 1.54) is 0 Å². The third kappa shape index (κ3) is 3.68. The quantitative estimate of drug-likeness (QED) is 0.341. The fourth-order valence-electron chi connectivity index (χ4n) is 1.64. The molecule has 0 spiro atoms. The van der Waals surface area contributed by atoms with Crippen molar-refractivity contribution in [3.8, 4) is 17.2 Å². The number of hydrogen-bond donors (Lipinski definition) is 2. The molecule has 2 aromatic carbocycles. The summed E-state index contributed by atoms with van der Waals surface area (Å²) < 4.78 is 12.4. The van der Waals surface area contributed by atoms with Gasteiger partial charge in [0.05, 0.1) is 11.6 Å². The molecule has 0 aromatic heterocycles. The van der Waals surface area contributed by atoms with Gasteiger partial charge in [0.1, 0.15) is 17.2 Å². The van der Waals surface area contributed by atoms with Crippen LogP contribution in [0.5, 0.6) is 17.2 Å². The largest absolute Gasteiger partial charge is 0.497 e. The summed E-state index contributed by atoms with van der Waals surface area (Å²) in [6, 6.07) is 10.6. The maximum atomic E-state index is 8.70. The second kappa shape index (κ2) is 6.82. The number of nitrogens with two attached hydrogens (primary N) is 1. The number of nitrogens with zero attached hydrogens (tertiary/aromatic N) is 1. The lowest BCUT2D eigenvalue weighted by molar-refractivity contribution is 0.318. The molecule has 5 nitrogen and oxygen atoms in total. The molecule has 0 unspecified atom stereocenters. The van der Waals surface area contributed by atoms with Gasteiger partial charge in [0, 0.05) is 10.0 Å². The van der Waals surface area contributed by atoms with E-state index in [4.69, 9.17) is 20.4 Å². The molecule has 0 aliphatic rings. The molecule has 2 aromatic rings. The number of methoxy groups -OCH3 is 1. The minimum atomic E-state index is 0.0269. The Labute approximate surface area is 138 Å². The molecule has 0 atom stereocenters. The van der Waals surface area contributed by atoms with Gasteiger partial charge in [0.15, 0.2) is 5.84 Å². The molecule has 110 valence electrons. The van der Waals surface area contributed by atoms with E-state index in [0.29, 0.717) is 21.5 Å². The highest BCUT2D eigenvalue weighted by atomic mass is 79.9. The normalized spacial score (nSPS) is 11.3. The lowest BCUT2D eigenvalue weighted by atomic mass is 10.2. The maximum absolute atomic E-state index is 8.70. The molecule has 0 heterocycles. The summed E-state index contributed by atoms with van der Waals surface area (Å²) in [6.07, 6.45) is 0. The van der Waals surface area contributed by atoms with Crippen LogP contribution in [0.4, 0.5) is 0 Å². The molecule has 2 rings (SSSR count). The lowest BCUT2D eigenvalue weighted by Crippen LogP contribution is -2.13. The summed E-state index contributed by atoms with van der Waals surface area (Å²) in [5.74, 6) is 2.03. The van der Waals surface area contributed by atoms with Crippen molar-refractivity contribution in [2.75, 3.05) is 7.11 Å².